The number of carbonyl (C=O) groups is 1. The zero-order valence-electron chi connectivity index (χ0n) is 19.9. The Kier molecular flexibility index (Phi) is 5.02. The van der Waals surface area contributed by atoms with Gasteiger partial charge in [-0.2, -0.15) is 5.10 Å². The fraction of sp³-hybridized carbons (Fsp3) is 0.138. The van der Waals surface area contributed by atoms with Crippen molar-refractivity contribution >= 4 is 33.4 Å². The highest BCUT2D eigenvalue weighted by Crippen LogP contribution is 2.34. The van der Waals surface area contributed by atoms with Crippen molar-refractivity contribution in [2.75, 3.05) is 5.32 Å². The van der Waals surface area contributed by atoms with Crippen molar-refractivity contribution in [3.63, 3.8) is 0 Å². The third-order valence-electron chi connectivity index (χ3n) is 7.08. The lowest BCUT2D eigenvalue weighted by Gasteiger charge is -2.24. The molecule has 1 aromatic carbocycles. The van der Waals surface area contributed by atoms with Gasteiger partial charge in [-0.1, -0.05) is 24.6 Å². The normalized spacial score (nSPS) is 13.6. The summed E-state index contributed by atoms with van der Waals surface area (Å²) < 4.78 is 0. The maximum Gasteiger partial charge on any atom is 0.227 e. The van der Waals surface area contributed by atoms with Crippen LogP contribution in [0.3, 0.4) is 0 Å². The van der Waals surface area contributed by atoms with Crippen molar-refractivity contribution in [2.45, 2.75) is 19.3 Å². The summed E-state index contributed by atoms with van der Waals surface area (Å²) in [5, 5.41) is 12.7. The van der Waals surface area contributed by atoms with Gasteiger partial charge in [-0.15, -0.1) is 0 Å². The number of fused-ring (bicyclic) bond motifs is 2. The lowest BCUT2D eigenvalue weighted by Crippen LogP contribution is -2.28. The quantitative estimate of drug-likeness (QED) is 0.279. The van der Waals surface area contributed by atoms with E-state index in [0.717, 1.165) is 75.0 Å². The summed E-state index contributed by atoms with van der Waals surface area (Å²) >= 11 is 0. The molecule has 0 radical (unpaired) electrons. The second-order valence-corrected chi connectivity index (χ2v) is 9.43. The maximum absolute atomic E-state index is 12.4. The highest BCUT2D eigenvalue weighted by molar-refractivity contribution is 6.01. The lowest BCUT2D eigenvalue weighted by molar-refractivity contribution is -0.122. The Bertz CT molecular complexity index is 1770. The van der Waals surface area contributed by atoms with E-state index in [0.29, 0.717) is 5.69 Å². The molecule has 0 saturated heterocycles. The lowest BCUT2D eigenvalue weighted by atomic mass is 9.85. The molecule has 8 heteroatoms. The van der Waals surface area contributed by atoms with Gasteiger partial charge in [0.1, 0.15) is 5.69 Å². The molecule has 3 N–H and O–H groups in total. The molecule has 1 fully saturated rings. The van der Waals surface area contributed by atoms with Crippen LogP contribution in [0.25, 0.3) is 55.7 Å². The SMILES string of the molecule is O=C(Nc1cncc(-c2cc3c(-c4cc5c(-c6ccccn6)cccc5[nH]4)n[nH]c3cn2)c1)C1CCC1. The molecule has 1 amide bonds. The molecule has 1 aliphatic carbocycles. The summed E-state index contributed by atoms with van der Waals surface area (Å²) in [5.41, 5.74) is 7.82. The van der Waals surface area contributed by atoms with Crippen molar-refractivity contribution in [1.82, 2.24) is 30.1 Å². The maximum atomic E-state index is 12.4. The van der Waals surface area contributed by atoms with Gasteiger partial charge in [0.05, 0.1) is 40.7 Å². The number of amides is 1. The number of pyridine rings is 3. The molecule has 1 saturated carbocycles. The van der Waals surface area contributed by atoms with Crippen LogP contribution in [-0.4, -0.2) is 36.0 Å². The molecular formula is C29H23N7O. The first-order valence-electron chi connectivity index (χ1n) is 12.4. The molecule has 0 bridgehead atoms. The summed E-state index contributed by atoms with van der Waals surface area (Å²) in [5.74, 6) is 0.177. The van der Waals surface area contributed by atoms with Crippen molar-refractivity contribution in [3.05, 3.63) is 79.4 Å². The molecule has 5 aromatic heterocycles. The minimum atomic E-state index is 0.0645. The molecule has 1 aliphatic rings. The van der Waals surface area contributed by atoms with Crippen LogP contribution in [0.1, 0.15) is 19.3 Å². The van der Waals surface area contributed by atoms with Crippen molar-refractivity contribution in [1.29, 1.82) is 0 Å². The first-order chi connectivity index (χ1) is 18.2. The first-order valence-corrected chi connectivity index (χ1v) is 12.4. The van der Waals surface area contributed by atoms with Gasteiger partial charge in [0.2, 0.25) is 5.91 Å². The number of aromatic amines is 2. The van der Waals surface area contributed by atoms with Crippen LogP contribution < -0.4 is 5.32 Å². The molecular weight excluding hydrogens is 462 g/mol. The Labute approximate surface area is 212 Å². The standard InChI is InChI=1S/C29H23N7O/c37-29(17-5-3-6-17)33-19-11-18(14-30-15-19)25-13-22-27(16-32-25)35-36-28(22)26-12-21-20(7-4-9-24(21)34-26)23-8-1-2-10-31-23/h1-2,4,7-17,34H,3,5-6H2,(H,33,37)(H,35,36). The zero-order chi connectivity index (χ0) is 24.8. The van der Waals surface area contributed by atoms with Gasteiger partial charge in [0.15, 0.2) is 0 Å². The van der Waals surface area contributed by atoms with Crippen LogP contribution in [0.4, 0.5) is 5.69 Å². The van der Waals surface area contributed by atoms with Crippen LogP contribution in [0.5, 0.6) is 0 Å². The van der Waals surface area contributed by atoms with Gasteiger partial charge in [0, 0.05) is 45.7 Å². The smallest absolute Gasteiger partial charge is 0.227 e. The molecule has 7 rings (SSSR count). The molecule has 8 nitrogen and oxygen atoms in total. The van der Waals surface area contributed by atoms with Crippen LogP contribution in [0.2, 0.25) is 0 Å². The number of rotatable bonds is 5. The molecule has 6 aromatic rings. The number of aromatic nitrogens is 6. The molecule has 37 heavy (non-hydrogen) atoms. The fourth-order valence-corrected chi connectivity index (χ4v) is 4.87. The predicted molar refractivity (Wildman–Crippen MR) is 144 cm³/mol. The largest absolute Gasteiger partial charge is 0.353 e. The Morgan fingerprint density at radius 1 is 0.892 bits per heavy atom. The first kappa shape index (κ1) is 21.4. The van der Waals surface area contributed by atoms with Crippen LogP contribution in [0.15, 0.2) is 79.4 Å². The fourth-order valence-electron chi connectivity index (χ4n) is 4.87. The van der Waals surface area contributed by atoms with E-state index in [2.05, 4.69) is 53.6 Å². The number of hydrogen-bond acceptors (Lipinski definition) is 5. The highest BCUT2D eigenvalue weighted by Gasteiger charge is 2.25. The summed E-state index contributed by atoms with van der Waals surface area (Å²) in [6.07, 6.45) is 10.0. The Morgan fingerprint density at radius 2 is 1.84 bits per heavy atom. The minimum Gasteiger partial charge on any atom is -0.353 e. The van der Waals surface area contributed by atoms with Crippen LogP contribution in [0, 0.1) is 5.92 Å². The van der Waals surface area contributed by atoms with E-state index in [1.807, 2.05) is 36.4 Å². The molecule has 180 valence electrons. The minimum absolute atomic E-state index is 0.0645. The van der Waals surface area contributed by atoms with Crippen LogP contribution >= 0.6 is 0 Å². The number of nitrogens with one attached hydrogen (secondary N) is 3. The van der Waals surface area contributed by atoms with E-state index in [4.69, 9.17) is 0 Å². The average Bonchev–Trinajstić information content (AvgIpc) is 3.52. The van der Waals surface area contributed by atoms with Gasteiger partial charge in [-0.25, -0.2) is 0 Å². The zero-order valence-corrected chi connectivity index (χ0v) is 19.9. The third kappa shape index (κ3) is 3.83. The average molecular weight is 486 g/mol. The number of H-pyrrole nitrogens is 2. The second-order valence-electron chi connectivity index (χ2n) is 9.43. The van der Waals surface area contributed by atoms with Crippen molar-refractivity contribution in [3.8, 4) is 33.9 Å². The number of anilines is 1. The summed E-state index contributed by atoms with van der Waals surface area (Å²) in [7, 11) is 0. The van der Waals surface area contributed by atoms with Gasteiger partial charge < -0.3 is 10.3 Å². The van der Waals surface area contributed by atoms with Gasteiger partial charge in [-0.05, 0) is 49.2 Å². The van der Waals surface area contributed by atoms with E-state index in [-0.39, 0.29) is 11.8 Å². The van der Waals surface area contributed by atoms with Crippen molar-refractivity contribution < 1.29 is 4.79 Å². The van der Waals surface area contributed by atoms with E-state index < -0.39 is 0 Å². The van der Waals surface area contributed by atoms with Crippen molar-refractivity contribution in [2.24, 2.45) is 5.92 Å². The molecule has 0 atom stereocenters. The Hall–Kier alpha value is -4.85. The summed E-state index contributed by atoms with van der Waals surface area (Å²) in [4.78, 5) is 29.4. The van der Waals surface area contributed by atoms with Gasteiger partial charge in [0.25, 0.3) is 0 Å². The number of nitrogens with zero attached hydrogens (tertiary/aromatic N) is 4. The van der Waals surface area contributed by atoms with Gasteiger partial charge in [-0.3, -0.25) is 24.8 Å². The number of carbonyl (C=O) groups excluding carboxylic acids is 1. The number of benzene rings is 1. The summed E-state index contributed by atoms with van der Waals surface area (Å²) in [6, 6.07) is 18.1. The third-order valence-corrected chi connectivity index (χ3v) is 7.08. The predicted octanol–water partition coefficient (Wildman–Crippen LogP) is 5.97. The monoisotopic (exact) mass is 485 g/mol. The Balaban J connectivity index is 1.26. The summed E-state index contributed by atoms with van der Waals surface area (Å²) in [6.45, 7) is 0. The van der Waals surface area contributed by atoms with Gasteiger partial charge >= 0.3 is 0 Å². The van der Waals surface area contributed by atoms with Crippen LogP contribution in [-0.2, 0) is 4.79 Å². The van der Waals surface area contributed by atoms with E-state index >= 15 is 0 Å². The highest BCUT2D eigenvalue weighted by atomic mass is 16.1. The number of hydrogen-bond donors (Lipinski definition) is 3. The molecule has 0 spiro atoms. The molecule has 0 unspecified atom stereocenters. The Morgan fingerprint density at radius 3 is 2.68 bits per heavy atom. The topological polar surface area (TPSA) is 112 Å². The second kappa shape index (κ2) is 8.67. The molecule has 0 aliphatic heterocycles. The molecule has 5 heterocycles. The van der Waals surface area contributed by atoms with E-state index in [1.165, 1.54) is 0 Å². The van der Waals surface area contributed by atoms with E-state index in [1.54, 1.807) is 24.8 Å². The van der Waals surface area contributed by atoms with E-state index in [9.17, 15) is 4.79 Å².